The molecule has 4 rings (SSSR count). The lowest BCUT2D eigenvalue weighted by Crippen LogP contribution is -2.42. The number of piperidine rings is 1. The number of hydrogen-bond acceptors (Lipinski definition) is 6. The molecular weight excluding hydrogens is 382 g/mol. The molecule has 152 valence electrons. The lowest BCUT2D eigenvalue weighted by molar-refractivity contribution is 0.0699. The first-order chi connectivity index (χ1) is 14.6. The lowest BCUT2D eigenvalue weighted by Gasteiger charge is -2.28. The number of likely N-dealkylation sites (tertiary alicyclic amines) is 1. The highest BCUT2D eigenvalue weighted by atomic mass is 16.5. The van der Waals surface area contributed by atoms with Gasteiger partial charge in [-0.05, 0) is 42.7 Å². The van der Waals surface area contributed by atoms with E-state index in [0.29, 0.717) is 37.1 Å². The number of amides is 1. The van der Waals surface area contributed by atoms with Crippen molar-refractivity contribution in [2.45, 2.75) is 19.4 Å². The Morgan fingerprint density at radius 1 is 1.23 bits per heavy atom. The highest BCUT2D eigenvalue weighted by Gasteiger charge is 2.27. The molecule has 8 nitrogen and oxygen atoms in total. The van der Waals surface area contributed by atoms with Gasteiger partial charge in [-0.1, -0.05) is 12.1 Å². The third-order valence-electron chi connectivity index (χ3n) is 5.37. The molecule has 1 aliphatic rings. The van der Waals surface area contributed by atoms with Gasteiger partial charge >= 0.3 is 0 Å². The normalized spacial score (nSPS) is 14.5. The zero-order valence-corrected chi connectivity index (χ0v) is 16.6. The third-order valence-corrected chi connectivity index (χ3v) is 5.37. The first-order valence-corrected chi connectivity index (χ1v) is 9.78. The van der Waals surface area contributed by atoms with Gasteiger partial charge in [0.1, 0.15) is 11.3 Å². The molecule has 30 heavy (non-hydrogen) atoms. The Labute approximate surface area is 173 Å². The van der Waals surface area contributed by atoms with Crippen LogP contribution in [0.1, 0.15) is 28.9 Å². The van der Waals surface area contributed by atoms with Crippen LogP contribution in [-0.4, -0.2) is 45.5 Å². The maximum atomic E-state index is 13.3. The summed E-state index contributed by atoms with van der Waals surface area (Å²) in [4.78, 5) is 36.6. The molecule has 3 aromatic rings. The van der Waals surface area contributed by atoms with Gasteiger partial charge in [-0.2, -0.15) is 5.26 Å². The standard InChI is InChI=1S/C22H21N5O3/c1-30-17-6-4-16(5-7-17)14-27-20-18(3-2-10-24-20)25-19(22(27)29)21(28)26-11-8-15(13-23)9-12-26/h2-7,10,15H,8-9,11-12,14H2,1H3. The topological polar surface area (TPSA) is 101 Å². The molecule has 0 bridgehead atoms. The van der Waals surface area contributed by atoms with Crippen LogP contribution in [0.25, 0.3) is 11.2 Å². The molecule has 8 heteroatoms. The van der Waals surface area contributed by atoms with Crippen LogP contribution in [0, 0.1) is 17.2 Å². The number of carbonyl (C=O) groups excluding carboxylic acids is 1. The maximum Gasteiger partial charge on any atom is 0.284 e. The number of carbonyl (C=O) groups is 1. The molecule has 1 saturated heterocycles. The molecular formula is C22H21N5O3. The van der Waals surface area contributed by atoms with Gasteiger partial charge in [0.05, 0.1) is 19.7 Å². The van der Waals surface area contributed by atoms with E-state index in [1.54, 1.807) is 30.3 Å². The molecule has 0 spiro atoms. The van der Waals surface area contributed by atoms with Crippen LogP contribution in [0.3, 0.4) is 0 Å². The van der Waals surface area contributed by atoms with Gasteiger partial charge in [-0.3, -0.25) is 14.2 Å². The van der Waals surface area contributed by atoms with Crippen molar-refractivity contribution in [2.24, 2.45) is 5.92 Å². The number of ether oxygens (including phenoxy) is 1. The van der Waals surface area contributed by atoms with Crippen LogP contribution < -0.4 is 10.3 Å². The van der Waals surface area contributed by atoms with E-state index < -0.39 is 11.5 Å². The van der Waals surface area contributed by atoms with Crippen LogP contribution >= 0.6 is 0 Å². The number of pyridine rings is 1. The number of nitrogens with zero attached hydrogens (tertiary/aromatic N) is 5. The number of benzene rings is 1. The first kappa shape index (κ1) is 19.6. The van der Waals surface area contributed by atoms with Gasteiger partial charge in [0.25, 0.3) is 11.5 Å². The van der Waals surface area contributed by atoms with Gasteiger partial charge in [-0.15, -0.1) is 0 Å². The largest absolute Gasteiger partial charge is 0.497 e. The summed E-state index contributed by atoms with van der Waals surface area (Å²) >= 11 is 0. The molecule has 1 aliphatic heterocycles. The SMILES string of the molecule is COc1ccc(Cn2c(=O)c(C(=O)N3CCC(C#N)CC3)nc3cccnc32)cc1. The monoisotopic (exact) mass is 403 g/mol. The van der Waals surface area contributed by atoms with Crippen molar-refractivity contribution < 1.29 is 9.53 Å². The maximum absolute atomic E-state index is 13.3. The van der Waals surface area contributed by atoms with Gasteiger partial charge in [0.2, 0.25) is 0 Å². The zero-order chi connectivity index (χ0) is 21.1. The zero-order valence-electron chi connectivity index (χ0n) is 16.6. The minimum Gasteiger partial charge on any atom is -0.497 e. The summed E-state index contributed by atoms with van der Waals surface area (Å²) in [7, 11) is 1.59. The van der Waals surface area contributed by atoms with Crippen molar-refractivity contribution in [3.05, 3.63) is 64.2 Å². The Morgan fingerprint density at radius 2 is 1.97 bits per heavy atom. The van der Waals surface area contributed by atoms with E-state index in [1.165, 1.54) is 4.57 Å². The number of methoxy groups -OCH3 is 1. The molecule has 1 fully saturated rings. The molecule has 0 N–H and O–H groups in total. The van der Waals surface area contributed by atoms with E-state index >= 15 is 0 Å². The average Bonchev–Trinajstić information content (AvgIpc) is 2.80. The fraction of sp³-hybridized carbons (Fsp3) is 0.318. The molecule has 3 heterocycles. The number of nitriles is 1. The molecule has 1 amide bonds. The fourth-order valence-electron chi connectivity index (χ4n) is 3.64. The molecule has 0 saturated carbocycles. The number of rotatable bonds is 4. The lowest BCUT2D eigenvalue weighted by atomic mass is 9.98. The second-order valence-corrected chi connectivity index (χ2v) is 7.24. The van der Waals surface area contributed by atoms with Crippen molar-refractivity contribution in [2.75, 3.05) is 20.2 Å². The summed E-state index contributed by atoms with van der Waals surface area (Å²) in [5.74, 6) is 0.278. The Bertz CT molecular complexity index is 1170. The summed E-state index contributed by atoms with van der Waals surface area (Å²) in [6.07, 6.45) is 2.82. The van der Waals surface area contributed by atoms with Crippen molar-refractivity contribution in [3.63, 3.8) is 0 Å². The first-order valence-electron chi connectivity index (χ1n) is 9.78. The van der Waals surface area contributed by atoms with Crippen molar-refractivity contribution in [1.29, 1.82) is 5.26 Å². The molecule has 0 aliphatic carbocycles. The van der Waals surface area contributed by atoms with Gasteiger partial charge in [0, 0.05) is 25.2 Å². The van der Waals surface area contributed by atoms with Gasteiger partial charge in [0.15, 0.2) is 11.3 Å². The second-order valence-electron chi connectivity index (χ2n) is 7.24. The van der Waals surface area contributed by atoms with Crippen LogP contribution in [0.15, 0.2) is 47.4 Å². The van der Waals surface area contributed by atoms with E-state index in [0.717, 1.165) is 11.3 Å². The van der Waals surface area contributed by atoms with Crippen molar-refractivity contribution in [3.8, 4) is 11.8 Å². The summed E-state index contributed by atoms with van der Waals surface area (Å²) in [5.41, 5.74) is 1.21. The van der Waals surface area contributed by atoms with Crippen molar-refractivity contribution in [1.82, 2.24) is 19.4 Å². The van der Waals surface area contributed by atoms with Crippen molar-refractivity contribution >= 4 is 17.1 Å². The number of aromatic nitrogens is 3. The number of hydrogen-bond donors (Lipinski definition) is 0. The van der Waals surface area contributed by atoms with Crippen LogP contribution in [0.2, 0.25) is 0 Å². The van der Waals surface area contributed by atoms with E-state index in [9.17, 15) is 9.59 Å². The number of fused-ring (bicyclic) bond motifs is 1. The molecule has 0 unspecified atom stereocenters. The fourth-order valence-corrected chi connectivity index (χ4v) is 3.64. The minimum atomic E-state index is -0.468. The molecule has 0 atom stereocenters. The molecule has 0 radical (unpaired) electrons. The van der Waals surface area contributed by atoms with E-state index in [2.05, 4.69) is 16.0 Å². The second kappa shape index (κ2) is 8.33. The van der Waals surface area contributed by atoms with Crippen LogP contribution in [0.5, 0.6) is 5.75 Å². The molecule has 1 aromatic carbocycles. The van der Waals surface area contributed by atoms with Crippen LogP contribution in [-0.2, 0) is 6.54 Å². The van der Waals surface area contributed by atoms with E-state index in [-0.39, 0.29) is 18.2 Å². The summed E-state index contributed by atoms with van der Waals surface area (Å²) < 4.78 is 6.67. The van der Waals surface area contributed by atoms with E-state index in [4.69, 9.17) is 10.00 Å². The summed E-state index contributed by atoms with van der Waals surface area (Å²) in [6, 6.07) is 13.1. The molecule has 2 aromatic heterocycles. The Kier molecular flexibility index (Phi) is 5.44. The third kappa shape index (κ3) is 3.74. The Morgan fingerprint density at radius 3 is 2.63 bits per heavy atom. The van der Waals surface area contributed by atoms with E-state index in [1.807, 2.05) is 24.3 Å². The average molecular weight is 403 g/mol. The predicted molar refractivity (Wildman–Crippen MR) is 110 cm³/mol. The highest BCUT2D eigenvalue weighted by Crippen LogP contribution is 2.18. The van der Waals surface area contributed by atoms with Gasteiger partial charge in [-0.25, -0.2) is 9.97 Å². The quantitative estimate of drug-likeness (QED) is 0.662. The Hall–Kier alpha value is -3.73. The van der Waals surface area contributed by atoms with Gasteiger partial charge < -0.3 is 9.64 Å². The highest BCUT2D eigenvalue weighted by molar-refractivity contribution is 5.93. The van der Waals surface area contributed by atoms with Crippen LogP contribution in [0.4, 0.5) is 0 Å². The summed E-state index contributed by atoms with van der Waals surface area (Å²) in [5, 5.41) is 9.07. The minimum absolute atomic E-state index is 0.0467. The summed E-state index contributed by atoms with van der Waals surface area (Å²) in [6.45, 7) is 1.15. The Balaban J connectivity index is 1.72. The predicted octanol–water partition coefficient (Wildman–Crippen LogP) is 2.22. The smallest absolute Gasteiger partial charge is 0.284 e.